The summed E-state index contributed by atoms with van der Waals surface area (Å²) in [6.45, 7) is 6.49. The van der Waals surface area contributed by atoms with Crippen molar-refractivity contribution in [2.45, 2.75) is 19.9 Å². The number of nitrogens with one attached hydrogen (secondary N) is 3. The highest BCUT2D eigenvalue weighted by Gasteiger charge is 2.14. The van der Waals surface area contributed by atoms with Crippen molar-refractivity contribution < 1.29 is 14.3 Å². The third-order valence-corrected chi connectivity index (χ3v) is 4.47. The lowest BCUT2D eigenvalue weighted by molar-refractivity contribution is -0.116. The van der Waals surface area contributed by atoms with E-state index in [1.165, 1.54) is 6.92 Å². The summed E-state index contributed by atoms with van der Waals surface area (Å²) in [5, 5.41) is 8.81. The number of rotatable bonds is 6. The first kappa shape index (κ1) is 19.7. The SMILES string of the molecule is CC(=O)Nc1cccc(N[C@H](C)C(=O)Nc2ccc(N3CCOCC3)cc2)c1. The Bertz CT molecular complexity index is 817. The summed E-state index contributed by atoms with van der Waals surface area (Å²) < 4.78 is 5.37. The van der Waals surface area contributed by atoms with Gasteiger partial charge in [0.05, 0.1) is 13.2 Å². The molecule has 1 fully saturated rings. The molecule has 7 heteroatoms. The number of carbonyl (C=O) groups is 2. The number of hydrogen-bond donors (Lipinski definition) is 3. The topological polar surface area (TPSA) is 82.7 Å². The van der Waals surface area contributed by atoms with Gasteiger partial charge in [-0.15, -0.1) is 0 Å². The molecule has 0 saturated carbocycles. The van der Waals surface area contributed by atoms with Crippen molar-refractivity contribution in [3.8, 4) is 0 Å². The third-order valence-electron chi connectivity index (χ3n) is 4.47. The van der Waals surface area contributed by atoms with E-state index in [0.717, 1.165) is 43.4 Å². The minimum absolute atomic E-state index is 0.135. The van der Waals surface area contributed by atoms with Crippen molar-refractivity contribution in [1.29, 1.82) is 0 Å². The Morgan fingerprint density at radius 3 is 2.32 bits per heavy atom. The summed E-state index contributed by atoms with van der Waals surface area (Å²) in [6.07, 6.45) is 0. The normalized spacial score (nSPS) is 14.9. The zero-order valence-electron chi connectivity index (χ0n) is 16.2. The van der Waals surface area contributed by atoms with Gasteiger partial charge >= 0.3 is 0 Å². The molecule has 0 aromatic heterocycles. The van der Waals surface area contributed by atoms with E-state index in [1.807, 2.05) is 36.4 Å². The predicted molar refractivity (Wildman–Crippen MR) is 112 cm³/mol. The Balaban J connectivity index is 1.56. The Labute approximate surface area is 165 Å². The second kappa shape index (κ2) is 9.23. The van der Waals surface area contributed by atoms with Crippen LogP contribution in [0.15, 0.2) is 48.5 Å². The smallest absolute Gasteiger partial charge is 0.246 e. The fraction of sp³-hybridized carbons (Fsp3) is 0.333. The van der Waals surface area contributed by atoms with E-state index < -0.39 is 6.04 Å². The van der Waals surface area contributed by atoms with Crippen molar-refractivity contribution >= 4 is 34.6 Å². The highest BCUT2D eigenvalue weighted by molar-refractivity contribution is 5.96. The van der Waals surface area contributed by atoms with Gasteiger partial charge in [-0.05, 0) is 49.4 Å². The van der Waals surface area contributed by atoms with Crippen LogP contribution in [0.5, 0.6) is 0 Å². The molecule has 3 N–H and O–H groups in total. The maximum atomic E-state index is 12.5. The molecule has 28 heavy (non-hydrogen) atoms. The summed E-state index contributed by atoms with van der Waals surface area (Å²) in [5.41, 5.74) is 3.32. The van der Waals surface area contributed by atoms with Crippen molar-refractivity contribution in [2.24, 2.45) is 0 Å². The molecule has 2 aromatic carbocycles. The van der Waals surface area contributed by atoms with E-state index in [1.54, 1.807) is 19.1 Å². The number of ether oxygens (including phenoxy) is 1. The summed E-state index contributed by atoms with van der Waals surface area (Å²) >= 11 is 0. The summed E-state index contributed by atoms with van der Waals surface area (Å²) in [6, 6.07) is 14.7. The van der Waals surface area contributed by atoms with E-state index in [9.17, 15) is 9.59 Å². The molecule has 0 aliphatic carbocycles. The van der Waals surface area contributed by atoms with Crippen molar-refractivity contribution in [2.75, 3.05) is 47.2 Å². The maximum Gasteiger partial charge on any atom is 0.246 e. The molecule has 148 valence electrons. The molecule has 0 radical (unpaired) electrons. The lowest BCUT2D eigenvalue weighted by Gasteiger charge is -2.29. The molecule has 1 aliphatic heterocycles. The van der Waals surface area contributed by atoms with Crippen LogP contribution in [0.1, 0.15) is 13.8 Å². The fourth-order valence-corrected chi connectivity index (χ4v) is 3.03. The molecule has 1 heterocycles. The molecule has 0 bridgehead atoms. The first-order valence-corrected chi connectivity index (χ1v) is 9.39. The molecular weight excluding hydrogens is 356 g/mol. The lowest BCUT2D eigenvalue weighted by Crippen LogP contribution is -2.36. The van der Waals surface area contributed by atoms with Crippen LogP contribution in [0.25, 0.3) is 0 Å². The molecule has 3 rings (SSSR count). The zero-order valence-corrected chi connectivity index (χ0v) is 16.2. The quantitative estimate of drug-likeness (QED) is 0.716. The molecular formula is C21H26N4O3. The number of nitrogens with zero attached hydrogens (tertiary/aromatic N) is 1. The van der Waals surface area contributed by atoms with E-state index in [-0.39, 0.29) is 11.8 Å². The van der Waals surface area contributed by atoms with E-state index >= 15 is 0 Å². The number of benzene rings is 2. The van der Waals surface area contributed by atoms with Gasteiger partial charge in [-0.1, -0.05) is 6.07 Å². The molecule has 0 spiro atoms. The van der Waals surface area contributed by atoms with Crippen molar-refractivity contribution in [3.05, 3.63) is 48.5 Å². The molecule has 0 unspecified atom stereocenters. The van der Waals surface area contributed by atoms with Gasteiger partial charge in [-0.2, -0.15) is 0 Å². The molecule has 1 atom stereocenters. The largest absolute Gasteiger partial charge is 0.378 e. The van der Waals surface area contributed by atoms with Crippen LogP contribution in [-0.2, 0) is 14.3 Å². The van der Waals surface area contributed by atoms with Gasteiger partial charge in [0.25, 0.3) is 0 Å². The standard InChI is InChI=1S/C21H26N4O3/c1-15(22-18-4-3-5-19(14-18)23-16(2)26)21(27)24-17-6-8-20(9-7-17)25-10-12-28-13-11-25/h3-9,14-15,22H,10-13H2,1-2H3,(H,23,26)(H,24,27)/t15-/m1/s1. The Morgan fingerprint density at radius 1 is 0.964 bits per heavy atom. The number of amides is 2. The lowest BCUT2D eigenvalue weighted by atomic mass is 10.2. The number of hydrogen-bond acceptors (Lipinski definition) is 5. The van der Waals surface area contributed by atoms with Gasteiger partial charge in [0.2, 0.25) is 11.8 Å². The van der Waals surface area contributed by atoms with Crippen LogP contribution < -0.4 is 20.9 Å². The highest BCUT2D eigenvalue weighted by Crippen LogP contribution is 2.20. The van der Waals surface area contributed by atoms with Crippen molar-refractivity contribution in [3.63, 3.8) is 0 Å². The van der Waals surface area contributed by atoms with Crippen LogP contribution in [0.3, 0.4) is 0 Å². The first-order valence-electron chi connectivity index (χ1n) is 9.39. The van der Waals surface area contributed by atoms with Gasteiger partial charge in [0, 0.05) is 42.8 Å². The fourth-order valence-electron chi connectivity index (χ4n) is 3.03. The second-order valence-corrected chi connectivity index (χ2v) is 6.76. The highest BCUT2D eigenvalue weighted by atomic mass is 16.5. The van der Waals surface area contributed by atoms with Crippen molar-refractivity contribution in [1.82, 2.24) is 0 Å². The summed E-state index contributed by atoms with van der Waals surface area (Å²) in [7, 11) is 0. The van der Waals surface area contributed by atoms with Crippen LogP contribution in [0, 0.1) is 0 Å². The minimum atomic E-state index is -0.438. The Kier molecular flexibility index (Phi) is 6.49. The Hall–Kier alpha value is -3.06. The average Bonchev–Trinajstić information content (AvgIpc) is 2.69. The van der Waals surface area contributed by atoms with Gasteiger partial charge in [-0.3, -0.25) is 9.59 Å². The molecule has 2 amide bonds. The first-order chi connectivity index (χ1) is 13.5. The van der Waals surface area contributed by atoms with E-state index in [2.05, 4.69) is 20.9 Å². The van der Waals surface area contributed by atoms with E-state index in [0.29, 0.717) is 5.69 Å². The predicted octanol–water partition coefficient (Wildman–Crippen LogP) is 2.92. The molecule has 7 nitrogen and oxygen atoms in total. The van der Waals surface area contributed by atoms with Gasteiger partial charge in [-0.25, -0.2) is 0 Å². The van der Waals surface area contributed by atoms with Crippen LogP contribution in [0.2, 0.25) is 0 Å². The van der Waals surface area contributed by atoms with Crippen LogP contribution >= 0.6 is 0 Å². The number of morpholine rings is 1. The van der Waals surface area contributed by atoms with Gasteiger partial charge < -0.3 is 25.6 Å². The third kappa shape index (κ3) is 5.47. The van der Waals surface area contributed by atoms with E-state index in [4.69, 9.17) is 4.74 Å². The molecule has 1 saturated heterocycles. The summed E-state index contributed by atoms with van der Waals surface area (Å²) in [5.74, 6) is -0.271. The molecule has 1 aliphatic rings. The maximum absolute atomic E-state index is 12.5. The number of anilines is 4. The van der Waals surface area contributed by atoms with Crippen LogP contribution in [0.4, 0.5) is 22.7 Å². The Morgan fingerprint density at radius 2 is 1.64 bits per heavy atom. The minimum Gasteiger partial charge on any atom is -0.378 e. The molecule has 2 aromatic rings. The average molecular weight is 382 g/mol. The zero-order chi connectivity index (χ0) is 19.9. The second-order valence-electron chi connectivity index (χ2n) is 6.76. The van der Waals surface area contributed by atoms with Gasteiger partial charge in [0.1, 0.15) is 6.04 Å². The van der Waals surface area contributed by atoms with Crippen LogP contribution in [-0.4, -0.2) is 44.2 Å². The van der Waals surface area contributed by atoms with Gasteiger partial charge in [0.15, 0.2) is 0 Å². The summed E-state index contributed by atoms with van der Waals surface area (Å²) in [4.78, 5) is 25.9. The number of carbonyl (C=O) groups excluding carboxylic acids is 2. The monoisotopic (exact) mass is 382 g/mol.